The number of nitrogens with one attached hydrogen (secondary N) is 2. The predicted octanol–water partition coefficient (Wildman–Crippen LogP) is 3.06. The van der Waals surface area contributed by atoms with Gasteiger partial charge in [-0.25, -0.2) is 0 Å². The van der Waals surface area contributed by atoms with E-state index in [2.05, 4.69) is 64.8 Å². The number of guanidine groups is 1. The van der Waals surface area contributed by atoms with E-state index in [-0.39, 0.29) is 0 Å². The van der Waals surface area contributed by atoms with E-state index in [0.29, 0.717) is 0 Å². The number of rotatable bonds is 10. The molecule has 0 spiro atoms. The summed E-state index contributed by atoms with van der Waals surface area (Å²) in [6.07, 6.45) is 0.861. The third-order valence-electron chi connectivity index (χ3n) is 4.82. The van der Waals surface area contributed by atoms with Crippen molar-refractivity contribution in [2.75, 3.05) is 41.4 Å². The van der Waals surface area contributed by atoms with Crippen LogP contribution in [-0.2, 0) is 19.5 Å². The Kier molecular flexibility index (Phi) is 9.31. The highest BCUT2D eigenvalue weighted by Gasteiger charge is 2.05. The van der Waals surface area contributed by atoms with Crippen LogP contribution in [-0.4, -0.2) is 52.3 Å². The van der Waals surface area contributed by atoms with Crippen LogP contribution in [0.4, 0.5) is 0 Å². The molecule has 2 rings (SSSR count). The minimum Gasteiger partial charge on any atom is -0.493 e. The van der Waals surface area contributed by atoms with Gasteiger partial charge in [-0.05, 0) is 48.8 Å². The van der Waals surface area contributed by atoms with Gasteiger partial charge >= 0.3 is 0 Å². The largest absolute Gasteiger partial charge is 0.493 e. The lowest BCUT2D eigenvalue weighted by Gasteiger charge is -2.15. The molecule has 0 radical (unpaired) electrons. The molecule has 0 heterocycles. The standard InChI is InChI=1S/C23H34N4O2/c1-6-27(3)17-20-9-7-8-19(14-20)16-26-23(24-2)25-13-12-18-10-11-21(28-4)22(15-18)29-5/h7-11,14-15H,6,12-13,16-17H2,1-5H3,(H2,24,25,26). The van der Waals surface area contributed by atoms with Crippen molar-refractivity contribution in [3.63, 3.8) is 0 Å². The summed E-state index contributed by atoms with van der Waals surface area (Å²) in [7, 11) is 7.22. The molecule has 0 atom stereocenters. The first-order valence-corrected chi connectivity index (χ1v) is 10.0. The van der Waals surface area contributed by atoms with Crippen molar-refractivity contribution >= 4 is 5.96 Å². The second-order valence-electron chi connectivity index (χ2n) is 6.94. The van der Waals surface area contributed by atoms with Gasteiger partial charge in [-0.2, -0.15) is 0 Å². The molecule has 2 N–H and O–H groups in total. The minimum absolute atomic E-state index is 0.736. The lowest BCUT2D eigenvalue weighted by atomic mass is 10.1. The van der Waals surface area contributed by atoms with Crippen LogP contribution in [0.1, 0.15) is 23.6 Å². The summed E-state index contributed by atoms with van der Waals surface area (Å²) in [5.74, 6) is 2.29. The third-order valence-corrected chi connectivity index (χ3v) is 4.82. The molecule has 0 aliphatic carbocycles. The third kappa shape index (κ3) is 7.31. The Morgan fingerprint density at radius 3 is 2.41 bits per heavy atom. The molecule has 2 aromatic carbocycles. The highest BCUT2D eigenvalue weighted by atomic mass is 16.5. The van der Waals surface area contributed by atoms with Crippen LogP contribution >= 0.6 is 0 Å². The summed E-state index contributed by atoms with van der Waals surface area (Å²) in [5, 5.41) is 6.76. The molecule has 0 aliphatic rings. The molecule has 29 heavy (non-hydrogen) atoms. The van der Waals surface area contributed by atoms with Crippen LogP contribution in [0.3, 0.4) is 0 Å². The summed E-state index contributed by atoms with van der Waals surface area (Å²) in [6.45, 7) is 5.68. The van der Waals surface area contributed by atoms with E-state index in [1.807, 2.05) is 12.1 Å². The van der Waals surface area contributed by atoms with Crippen molar-refractivity contribution in [2.45, 2.75) is 26.4 Å². The van der Waals surface area contributed by atoms with Gasteiger partial charge < -0.3 is 25.0 Å². The van der Waals surface area contributed by atoms with Crippen LogP contribution in [0.2, 0.25) is 0 Å². The van der Waals surface area contributed by atoms with Gasteiger partial charge in [0.05, 0.1) is 14.2 Å². The average Bonchev–Trinajstić information content (AvgIpc) is 2.76. The van der Waals surface area contributed by atoms with Gasteiger partial charge in [-0.3, -0.25) is 4.99 Å². The molecule has 158 valence electrons. The zero-order valence-electron chi connectivity index (χ0n) is 18.3. The Hall–Kier alpha value is -2.73. The van der Waals surface area contributed by atoms with Crippen LogP contribution < -0.4 is 20.1 Å². The first kappa shape index (κ1) is 22.6. The number of benzene rings is 2. The summed E-state index contributed by atoms with van der Waals surface area (Å²) >= 11 is 0. The number of hydrogen-bond donors (Lipinski definition) is 2. The second kappa shape index (κ2) is 12.0. The Balaban J connectivity index is 1.83. The topological polar surface area (TPSA) is 58.1 Å². The first-order chi connectivity index (χ1) is 14.1. The summed E-state index contributed by atoms with van der Waals surface area (Å²) < 4.78 is 10.7. The Bertz CT molecular complexity index is 792. The van der Waals surface area contributed by atoms with Gasteiger partial charge in [0.15, 0.2) is 17.5 Å². The molecule has 6 heteroatoms. The van der Waals surface area contributed by atoms with E-state index < -0.39 is 0 Å². The van der Waals surface area contributed by atoms with Gasteiger partial charge in [0.1, 0.15) is 0 Å². The zero-order valence-corrected chi connectivity index (χ0v) is 18.3. The molecule has 0 amide bonds. The van der Waals surface area contributed by atoms with E-state index >= 15 is 0 Å². The van der Waals surface area contributed by atoms with Crippen LogP contribution in [0, 0.1) is 0 Å². The van der Waals surface area contributed by atoms with Crippen molar-refractivity contribution in [3.8, 4) is 11.5 Å². The van der Waals surface area contributed by atoms with E-state index in [9.17, 15) is 0 Å². The van der Waals surface area contributed by atoms with Gasteiger partial charge in [-0.15, -0.1) is 0 Å². The quantitative estimate of drug-likeness (QED) is 0.476. The molecule has 0 aliphatic heterocycles. The highest BCUT2D eigenvalue weighted by Crippen LogP contribution is 2.27. The number of methoxy groups -OCH3 is 2. The van der Waals surface area contributed by atoms with Crippen molar-refractivity contribution in [3.05, 3.63) is 59.2 Å². The molecule has 0 saturated carbocycles. The normalized spacial score (nSPS) is 11.4. The fourth-order valence-corrected chi connectivity index (χ4v) is 3.03. The molecular formula is C23H34N4O2. The summed E-state index contributed by atoms with van der Waals surface area (Å²) in [4.78, 5) is 6.61. The number of ether oxygens (including phenoxy) is 2. The lowest BCUT2D eigenvalue weighted by molar-refractivity contribution is 0.345. The van der Waals surface area contributed by atoms with Gasteiger partial charge in [0, 0.05) is 26.7 Å². The zero-order chi connectivity index (χ0) is 21.1. The van der Waals surface area contributed by atoms with Crippen molar-refractivity contribution < 1.29 is 9.47 Å². The van der Waals surface area contributed by atoms with E-state index in [0.717, 1.165) is 50.1 Å². The van der Waals surface area contributed by atoms with Crippen molar-refractivity contribution in [1.29, 1.82) is 0 Å². The van der Waals surface area contributed by atoms with Gasteiger partial charge in [0.25, 0.3) is 0 Å². The number of hydrogen-bond acceptors (Lipinski definition) is 4. The van der Waals surface area contributed by atoms with Crippen LogP contribution in [0.5, 0.6) is 11.5 Å². The average molecular weight is 399 g/mol. The van der Waals surface area contributed by atoms with E-state index in [1.54, 1.807) is 21.3 Å². The SMILES string of the molecule is CCN(C)Cc1cccc(CNC(=NC)NCCc2ccc(OC)c(OC)c2)c1. The number of aliphatic imine (C=N–C) groups is 1. The van der Waals surface area contributed by atoms with Gasteiger partial charge in [0.2, 0.25) is 0 Å². The van der Waals surface area contributed by atoms with Crippen molar-refractivity contribution in [1.82, 2.24) is 15.5 Å². The first-order valence-electron chi connectivity index (χ1n) is 10.0. The number of nitrogens with zero attached hydrogens (tertiary/aromatic N) is 2. The van der Waals surface area contributed by atoms with E-state index in [4.69, 9.17) is 9.47 Å². The summed E-state index contributed by atoms with van der Waals surface area (Å²) in [6, 6.07) is 14.7. The Morgan fingerprint density at radius 2 is 1.72 bits per heavy atom. The maximum atomic E-state index is 5.37. The van der Waals surface area contributed by atoms with Crippen molar-refractivity contribution in [2.24, 2.45) is 4.99 Å². The maximum Gasteiger partial charge on any atom is 0.191 e. The highest BCUT2D eigenvalue weighted by molar-refractivity contribution is 5.79. The maximum absolute atomic E-state index is 5.37. The predicted molar refractivity (Wildman–Crippen MR) is 120 cm³/mol. The molecule has 0 unspecified atom stereocenters. The molecular weight excluding hydrogens is 364 g/mol. The Morgan fingerprint density at radius 1 is 0.966 bits per heavy atom. The fraction of sp³-hybridized carbons (Fsp3) is 0.435. The lowest BCUT2D eigenvalue weighted by Crippen LogP contribution is -2.37. The molecule has 0 bridgehead atoms. The molecule has 2 aromatic rings. The molecule has 0 fully saturated rings. The minimum atomic E-state index is 0.736. The Labute approximate surface area is 174 Å². The van der Waals surface area contributed by atoms with Crippen LogP contribution in [0.15, 0.2) is 47.5 Å². The van der Waals surface area contributed by atoms with Gasteiger partial charge in [-0.1, -0.05) is 37.3 Å². The van der Waals surface area contributed by atoms with E-state index in [1.165, 1.54) is 16.7 Å². The van der Waals surface area contributed by atoms with Crippen LogP contribution in [0.25, 0.3) is 0 Å². The fourth-order valence-electron chi connectivity index (χ4n) is 3.03. The monoisotopic (exact) mass is 398 g/mol. The smallest absolute Gasteiger partial charge is 0.191 e. The molecule has 0 saturated heterocycles. The molecule has 6 nitrogen and oxygen atoms in total. The molecule has 0 aromatic heterocycles. The second-order valence-corrected chi connectivity index (χ2v) is 6.94. The summed E-state index contributed by atoms with van der Waals surface area (Å²) in [5.41, 5.74) is 3.75.